The molecule has 0 saturated carbocycles. The molecule has 1 saturated heterocycles. The van der Waals surface area contributed by atoms with Gasteiger partial charge in [-0.25, -0.2) is 4.98 Å². The zero-order valence-corrected chi connectivity index (χ0v) is 13.1. The largest absolute Gasteiger partial charge is 0.481 e. The molecule has 0 unspecified atom stereocenters. The molecule has 0 aliphatic carbocycles. The number of nitrogens with one attached hydrogen (secondary N) is 2. The number of nitrogens with zero attached hydrogens (tertiary/aromatic N) is 2. The molecular formula is C17H22N4O. The normalized spacial score (nSPS) is 14.7. The Morgan fingerprint density at radius 1 is 1.09 bits per heavy atom. The fourth-order valence-corrected chi connectivity index (χ4v) is 2.72. The van der Waals surface area contributed by atoms with Gasteiger partial charge in [-0.05, 0) is 18.2 Å². The highest BCUT2D eigenvalue weighted by atomic mass is 16.5. The van der Waals surface area contributed by atoms with Crippen molar-refractivity contribution in [1.82, 2.24) is 10.3 Å². The minimum atomic E-state index is 0.645. The molecule has 5 nitrogen and oxygen atoms in total. The fraction of sp³-hybridized carbons (Fsp3) is 0.353. The smallest absolute Gasteiger partial charge is 0.213 e. The number of methoxy groups -OCH3 is 1. The Bertz CT molecular complexity index is 621. The summed E-state index contributed by atoms with van der Waals surface area (Å²) in [4.78, 5) is 7.07. The molecule has 3 rings (SSSR count). The second-order valence-corrected chi connectivity index (χ2v) is 5.29. The molecule has 2 heterocycles. The highest BCUT2D eigenvalue weighted by Gasteiger charge is 2.17. The van der Waals surface area contributed by atoms with Gasteiger partial charge in [0.1, 0.15) is 0 Å². The van der Waals surface area contributed by atoms with Crippen molar-refractivity contribution in [3.05, 3.63) is 36.4 Å². The Balaban J connectivity index is 2.01. The minimum absolute atomic E-state index is 0.645. The van der Waals surface area contributed by atoms with Gasteiger partial charge in [-0.15, -0.1) is 0 Å². The van der Waals surface area contributed by atoms with Crippen LogP contribution in [0.1, 0.15) is 0 Å². The lowest BCUT2D eigenvalue weighted by Gasteiger charge is -2.30. The van der Waals surface area contributed by atoms with Crippen LogP contribution in [0.3, 0.4) is 0 Å². The van der Waals surface area contributed by atoms with E-state index in [0.29, 0.717) is 5.88 Å². The van der Waals surface area contributed by atoms with Crippen LogP contribution in [0.2, 0.25) is 0 Å². The zero-order chi connectivity index (χ0) is 15.4. The molecule has 1 aromatic carbocycles. The number of ether oxygens (including phenoxy) is 1. The minimum Gasteiger partial charge on any atom is -0.481 e. The van der Waals surface area contributed by atoms with E-state index in [9.17, 15) is 0 Å². The fourth-order valence-electron chi connectivity index (χ4n) is 2.72. The van der Waals surface area contributed by atoms with Gasteiger partial charge in [-0.3, -0.25) is 0 Å². The van der Waals surface area contributed by atoms with E-state index in [1.165, 1.54) is 5.69 Å². The first kappa shape index (κ1) is 14.7. The summed E-state index contributed by atoms with van der Waals surface area (Å²) in [6.07, 6.45) is 0. The van der Waals surface area contributed by atoms with Crippen molar-refractivity contribution in [3.63, 3.8) is 0 Å². The van der Waals surface area contributed by atoms with Crippen LogP contribution >= 0.6 is 0 Å². The van der Waals surface area contributed by atoms with Crippen LogP contribution in [0.4, 0.5) is 11.4 Å². The topological polar surface area (TPSA) is 49.4 Å². The van der Waals surface area contributed by atoms with Crippen LogP contribution < -0.4 is 20.3 Å². The molecule has 22 heavy (non-hydrogen) atoms. The molecule has 2 N–H and O–H groups in total. The first-order chi connectivity index (χ1) is 10.8. The molecule has 0 bridgehead atoms. The summed E-state index contributed by atoms with van der Waals surface area (Å²) in [5, 5.41) is 6.53. The summed E-state index contributed by atoms with van der Waals surface area (Å²) in [6, 6.07) is 12.4. The number of anilines is 2. The molecule has 0 radical (unpaired) electrons. The van der Waals surface area contributed by atoms with Crippen LogP contribution in [-0.4, -0.2) is 45.3 Å². The van der Waals surface area contributed by atoms with Gasteiger partial charge in [0.05, 0.1) is 18.5 Å². The van der Waals surface area contributed by atoms with E-state index in [1.54, 1.807) is 7.11 Å². The van der Waals surface area contributed by atoms with Crippen molar-refractivity contribution in [2.75, 3.05) is 50.6 Å². The number of hydrogen-bond acceptors (Lipinski definition) is 5. The zero-order valence-electron chi connectivity index (χ0n) is 13.1. The Morgan fingerprint density at radius 3 is 2.45 bits per heavy atom. The average Bonchev–Trinajstić information content (AvgIpc) is 2.62. The Morgan fingerprint density at radius 2 is 1.82 bits per heavy atom. The molecular weight excluding hydrogens is 276 g/mol. The Kier molecular flexibility index (Phi) is 4.44. The van der Waals surface area contributed by atoms with Gasteiger partial charge in [0, 0.05) is 50.5 Å². The Hall–Kier alpha value is -2.27. The van der Waals surface area contributed by atoms with E-state index in [0.717, 1.165) is 43.1 Å². The van der Waals surface area contributed by atoms with Crippen molar-refractivity contribution in [2.24, 2.45) is 0 Å². The summed E-state index contributed by atoms with van der Waals surface area (Å²) >= 11 is 0. The van der Waals surface area contributed by atoms with Crippen LogP contribution in [-0.2, 0) is 0 Å². The third kappa shape index (κ3) is 2.99. The van der Waals surface area contributed by atoms with Crippen LogP contribution in [0.5, 0.6) is 5.88 Å². The number of rotatable bonds is 4. The molecule has 1 fully saturated rings. The van der Waals surface area contributed by atoms with Crippen molar-refractivity contribution in [1.29, 1.82) is 0 Å². The standard InChI is InChI=1S/C17H22N4O/c1-18-14-5-3-13(4-6-14)17-15(7-8-16(20-17)22-2)21-11-9-19-10-12-21/h3-8,18-19H,9-12H2,1-2H3. The lowest BCUT2D eigenvalue weighted by molar-refractivity contribution is 0.398. The SMILES string of the molecule is CNc1ccc(-c2nc(OC)ccc2N2CCNCC2)cc1. The number of aromatic nitrogens is 1. The summed E-state index contributed by atoms with van der Waals surface area (Å²) in [5.41, 5.74) is 4.34. The second-order valence-electron chi connectivity index (χ2n) is 5.29. The molecule has 116 valence electrons. The number of benzene rings is 1. The highest BCUT2D eigenvalue weighted by Crippen LogP contribution is 2.32. The molecule has 0 atom stereocenters. The van der Waals surface area contributed by atoms with Crippen molar-refractivity contribution >= 4 is 11.4 Å². The van der Waals surface area contributed by atoms with Crippen molar-refractivity contribution in [2.45, 2.75) is 0 Å². The van der Waals surface area contributed by atoms with Crippen molar-refractivity contribution < 1.29 is 4.74 Å². The van der Waals surface area contributed by atoms with E-state index >= 15 is 0 Å². The third-order valence-corrected chi connectivity index (χ3v) is 3.96. The van der Waals surface area contributed by atoms with Gasteiger partial charge in [-0.2, -0.15) is 0 Å². The first-order valence-corrected chi connectivity index (χ1v) is 7.60. The molecule has 1 aromatic heterocycles. The van der Waals surface area contributed by atoms with Gasteiger partial charge in [-0.1, -0.05) is 12.1 Å². The molecule has 0 amide bonds. The molecule has 5 heteroatoms. The van der Waals surface area contributed by atoms with Gasteiger partial charge in [0.25, 0.3) is 0 Å². The monoisotopic (exact) mass is 298 g/mol. The van der Waals surface area contributed by atoms with E-state index in [1.807, 2.05) is 13.1 Å². The maximum Gasteiger partial charge on any atom is 0.213 e. The third-order valence-electron chi connectivity index (χ3n) is 3.96. The molecule has 0 spiro atoms. The number of pyridine rings is 1. The predicted octanol–water partition coefficient (Wildman–Crippen LogP) is 2.21. The van der Waals surface area contributed by atoms with Gasteiger partial charge < -0.3 is 20.3 Å². The lowest BCUT2D eigenvalue weighted by atomic mass is 10.1. The van der Waals surface area contributed by atoms with Crippen molar-refractivity contribution in [3.8, 4) is 17.1 Å². The highest BCUT2D eigenvalue weighted by molar-refractivity contribution is 5.76. The quantitative estimate of drug-likeness (QED) is 0.906. The predicted molar refractivity (Wildman–Crippen MR) is 90.9 cm³/mol. The van der Waals surface area contributed by atoms with E-state index < -0.39 is 0 Å². The Labute approximate surface area is 131 Å². The second kappa shape index (κ2) is 6.66. The summed E-state index contributed by atoms with van der Waals surface area (Å²) in [7, 11) is 3.58. The summed E-state index contributed by atoms with van der Waals surface area (Å²) < 4.78 is 5.31. The maximum absolute atomic E-state index is 5.31. The molecule has 1 aliphatic heterocycles. The molecule has 2 aromatic rings. The van der Waals surface area contributed by atoms with E-state index in [4.69, 9.17) is 4.74 Å². The van der Waals surface area contributed by atoms with Crippen LogP contribution in [0.15, 0.2) is 36.4 Å². The lowest BCUT2D eigenvalue weighted by Crippen LogP contribution is -2.43. The van der Waals surface area contributed by atoms with Gasteiger partial charge in [0.15, 0.2) is 0 Å². The molecule has 1 aliphatic rings. The summed E-state index contributed by atoms with van der Waals surface area (Å²) in [5.74, 6) is 0.645. The maximum atomic E-state index is 5.31. The number of hydrogen-bond donors (Lipinski definition) is 2. The van der Waals surface area contributed by atoms with Gasteiger partial charge in [0.2, 0.25) is 5.88 Å². The van der Waals surface area contributed by atoms with Crippen LogP contribution in [0.25, 0.3) is 11.3 Å². The van der Waals surface area contributed by atoms with E-state index in [-0.39, 0.29) is 0 Å². The van der Waals surface area contributed by atoms with E-state index in [2.05, 4.69) is 50.8 Å². The average molecular weight is 298 g/mol. The number of piperazine rings is 1. The first-order valence-electron chi connectivity index (χ1n) is 7.60. The summed E-state index contributed by atoms with van der Waals surface area (Å²) in [6.45, 7) is 4.00. The van der Waals surface area contributed by atoms with Crippen LogP contribution in [0, 0.1) is 0 Å². The van der Waals surface area contributed by atoms with Gasteiger partial charge >= 0.3 is 0 Å².